The Kier molecular flexibility index (Phi) is 7.94. The van der Waals surface area contributed by atoms with Crippen LogP contribution < -0.4 is 10.1 Å². The van der Waals surface area contributed by atoms with Gasteiger partial charge in [-0.05, 0) is 102 Å². The number of hydrogen-bond donors (Lipinski definition) is 1. The quantitative estimate of drug-likeness (QED) is 0.175. The average molecular weight is 703 g/mol. The molecule has 0 spiro atoms. The zero-order valence-electron chi connectivity index (χ0n) is 29.9. The molecule has 0 fully saturated rings. The van der Waals surface area contributed by atoms with Crippen molar-refractivity contribution in [2.45, 2.75) is 6.23 Å². The van der Waals surface area contributed by atoms with Gasteiger partial charge in [0.25, 0.3) is 0 Å². The number of rotatable bonds is 6. The van der Waals surface area contributed by atoms with Crippen molar-refractivity contribution in [2.24, 2.45) is 0 Å². The van der Waals surface area contributed by atoms with Crippen molar-refractivity contribution in [3.8, 4) is 67.5 Å². The van der Waals surface area contributed by atoms with Crippen molar-refractivity contribution in [3.63, 3.8) is 0 Å². The second-order valence-electron chi connectivity index (χ2n) is 14.1. The smallest absolute Gasteiger partial charge is 0.196 e. The summed E-state index contributed by atoms with van der Waals surface area (Å²) in [7, 11) is 0. The fraction of sp³-hybridized carbons (Fsp3) is 0.0192. The number of fused-ring (bicyclic) bond motifs is 4. The maximum absolute atomic E-state index is 9.14. The van der Waals surface area contributed by atoms with Gasteiger partial charge in [-0.15, -0.1) is 0 Å². The maximum atomic E-state index is 9.14. The third-order valence-electron chi connectivity index (χ3n) is 10.8. The molecular weight excluding hydrogens is 669 g/mol. The molecule has 1 heterocycles. The van der Waals surface area contributed by atoms with E-state index in [0.29, 0.717) is 5.56 Å². The van der Waals surface area contributed by atoms with Gasteiger partial charge in [0.2, 0.25) is 0 Å². The van der Waals surface area contributed by atoms with Crippen LogP contribution in [0.4, 0.5) is 5.69 Å². The predicted molar refractivity (Wildman–Crippen MR) is 227 cm³/mol. The van der Waals surface area contributed by atoms with E-state index >= 15 is 0 Å². The Morgan fingerprint density at radius 2 is 0.927 bits per heavy atom. The second-order valence-corrected chi connectivity index (χ2v) is 14.1. The van der Waals surface area contributed by atoms with Crippen LogP contribution >= 0.6 is 0 Å². The van der Waals surface area contributed by atoms with Crippen LogP contribution in [0.1, 0.15) is 17.4 Å². The van der Waals surface area contributed by atoms with E-state index in [2.05, 4.69) is 181 Å². The molecule has 0 aliphatic carbocycles. The highest BCUT2D eigenvalue weighted by atomic mass is 16.5. The highest BCUT2D eigenvalue weighted by Gasteiger charge is 2.27. The molecule has 55 heavy (non-hydrogen) atoms. The molecule has 9 aromatic carbocycles. The molecule has 0 radical (unpaired) electrons. The van der Waals surface area contributed by atoms with Crippen LogP contribution in [-0.4, -0.2) is 0 Å². The van der Waals surface area contributed by atoms with Gasteiger partial charge in [-0.1, -0.05) is 164 Å². The highest BCUT2D eigenvalue weighted by Crippen LogP contribution is 2.47. The second kappa shape index (κ2) is 13.5. The first-order valence-electron chi connectivity index (χ1n) is 18.6. The van der Waals surface area contributed by atoms with Crippen LogP contribution in [0.25, 0.3) is 77.2 Å². The standard InChI is InChI=1S/C52H34N2O/c53-33-34-14-16-35(17-15-34)36-18-20-37(21-19-36)38-22-24-39(25-23-38)44-31-49(40-8-2-1-3-9-40)51-50(32-44)55-52(54-51)42-28-26-41(27-29-42)48-30-43-10-4-5-11-45(43)46-12-6-7-13-47(46)48/h1-32,52,54H. The summed E-state index contributed by atoms with van der Waals surface area (Å²) in [6.45, 7) is 0. The van der Waals surface area contributed by atoms with E-state index in [-0.39, 0.29) is 6.23 Å². The largest absolute Gasteiger partial charge is 0.464 e. The lowest BCUT2D eigenvalue weighted by atomic mass is 9.93. The Morgan fingerprint density at radius 1 is 0.418 bits per heavy atom. The Morgan fingerprint density at radius 3 is 1.56 bits per heavy atom. The number of hydrogen-bond acceptors (Lipinski definition) is 3. The highest BCUT2D eigenvalue weighted by molar-refractivity contribution is 6.13. The Labute approximate surface area is 320 Å². The van der Waals surface area contributed by atoms with Crippen molar-refractivity contribution in [2.75, 3.05) is 5.32 Å². The van der Waals surface area contributed by atoms with E-state index in [1.165, 1.54) is 32.7 Å². The number of nitriles is 1. The van der Waals surface area contributed by atoms with Gasteiger partial charge in [0.15, 0.2) is 6.23 Å². The first-order valence-corrected chi connectivity index (χ1v) is 18.6. The number of ether oxygens (including phenoxy) is 1. The SMILES string of the molecule is N#Cc1ccc(-c2ccc(-c3ccc(-c4cc5c(c(-c6ccccc6)c4)NC(c4ccc(-c6cc7ccccc7c7ccccc67)cc4)O5)cc3)cc2)cc1. The number of benzene rings is 9. The van der Waals surface area contributed by atoms with E-state index < -0.39 is 0 Å². The molecule has 3 nitrogen and oxygen atoms in total. The van der Waals surface area contributed by atoms with Gasteiger partial charge in [-0.3, -0.25) is 0 Å². The summed E-state index contributed by atoms with van der Waals surface area (Å²) in [6.07, 6.45) is -0.315. The number of nitrogens with one attached hydrogen (secondary N) is 1. The Hall–Kier alpha value is -7.41. The Bertz CT molecular complexity index is 2890. The maximum Gasteiger partial charge on any atom is 0.196 e. The van der Waals surface area contributed by atoms with Gasteiger partial charge < -0.3 is 10.1 Å². The van der Waals surface area contributed by atoms with Crippen molar-refractivity contribution < 1.29 is 4.74 Å². The van der Waals surface area contributed by atoms with Gasteiger partial charge in [0, 0.05) is 11.1 Å². The molecule has 1 N–H and O–H groups in total. The molecule has 0 aromatic heterocycles. The number of anilines is 1. The summed E-state index contributed by atoms with van der Waals surface area (Å²) in [5.41, 5.74) is 14.1. The summed E-state index contributed by atoms with van der Waals surface area (Å²) in [5.74, 6) is 0.841. The van der Waals surface area contributed by atoms with E-state index in [1.807, 2.05) is 24.3 Å². The lowest BCUT2D eigenvalue weighted by Gasteiger charge is -2.14. The summed E-state index contributed by atoms with van der Waals surface area (Å²) in [4.78, 5) is 0. The third-order valence-corrected chi connectivity index (χ3v) is 10.8. The summed E-state index contributed by atoms with van der Waals surface area (Å²) >= 11 is 0. The summed E-state index contributed by atoms with van der Waals surface area (Å²) in [6, 6.07) is 70.6. The first-order chi connectivity index (χ1) is 27.2. The van der Waals surface area contributed by atoms with Gasteiger partial charge >= 0.3 is 0 Å². The normalized spacial score (nSPS) is 13.2. The molecular formula is C52H34N2O. The van der Waals surface area contributed by atoms with Crippen LogP contribution in [0.3, 0.4) is 0 Å². The average Bonchev–Trinajstić information content (AvgIpc) is 3.71. The molecule has 0 bridgehead atoms. The minimum Gasteiger partial charge on any atom is -0.464 e. The van der Waals surface area contributed by atoms with Gasteiger partial charge in [0.05, 0.1) is 17.3 Å². The van der Waals surface area contributed by atoms with Gasteiger partial charge in [-0.25, -0.2) is 0 Å². The molecule has 1 atom stereocenters. The zero-order valence-corrected chi connectivity index (χ0v) is 29.9. The minimum absolute atomic E-state index is 0.315. The monoisotopic (exact) mass is 702 g/mol. The lowest BCUT2D eigenvalue weighted by molar-refractivity contribution is 0.260. The first kappa shape index (κ1) is 32.3. The van der Waals surface area contributed by atoms with Crippen molar-refractivity contribution in [1.82, 2.24) is 0 Å². The molecule has 1 unspecified atom stereocenters. The van der Waals surface area contributed by atoms with Crippen LogP contribution in [0.15, 0.2) is 194 Å². The van der Waals surface area contributed by atoms with Crippen molar-refractivity contribution in [3.05, 3.63) is 205 Å². The predicted octanol–water partition coefficient (Wildman–Crippen LogP) is 13.7. The van der Waals surface area contributed by atoms with Gasteiger partial charge in [0.1, 0.15) is 5.75 Å². The molecule has 3 heteroatoms. The molecule has 258 valence electrons. The third kappa shape index (κ3) is 5.97. The van der Waals surface area contributed by atoms with Crippen molar-refractivity contribution in [1.29, 1.82) is 5.26 Å². The van der Waals surface area contributed by atoms with Crippen molar-refractivity contribution >= 4 is 27.2 Å². The Balaban J connectivity index is 0.941. The summed E-state index contributed by atoms with van der Waals surface area (Å²) in [5, 5.41) is 17.9. The van der Waals surface area contributed by atoms with Crippen LogP contribution in [0.2, 0.25) is 0 Å². The van der Waals surface area contributed by atoms with E-state index in [0.717, 1.165) is 61.5 Å². The molecule has 1 aliphatic heterocycles. The molecule has 10 rings (SSSR count). The van der Waals surface area contributed by atoms with E-state index in [9.17, 15) is 0 Å². The van der Waals surface area contributed by atoms with Crippen LogP contribution in [0, 0.1) is 11.3 Å². The lowest BCUT2D eigenvalue weighted by Crippen LogP contribution is -2.10. The molecule has 9 aromatic rings. The fourth-order valence-electron chi connectivity index (χ4n) is 7.89. The molecule has 1 aliphatic rings. The fourth-order valence-corrected chi connectivity index (χ4v) is 7.89. The summed E-state index contributed by atoms with van der Waals surface area (Å²) < 4.78 is 6.72. The molecule has 0 saturated heterocycles. The molecule has 0 saturated carbocycles. The van der Waals surface area contributed by atoms with E-state index in [4.69, 9.17) is 10.00 Å². The number of nitrogens with zero attached hydrogens (tertiary/aromatic N) is 1. The van der Waals surface area contributed by atoms with Gasteiger partial charge in [-0.2, -0.15) is 5.26 Å². The molecule has 0 amide bonds. The zero-order chi connectivity index (χ0) is 36.7. The topological polar surface area (TPSA) is 45.0 Å². The van der Waals surface area contributed by atoms with E-state index in [1.54, 1.807) is 0 Å². The minimum atomic E-state index is -0.315. The van der Waals surface area contributed by atoms with Crippen LogP contribution in [0.5, 0.6) is 5.75 Å². The van der Waals surface area contributed by atoms with Crippen LogP contribution in [-0.2, 0) is 0 Å².